The van der Waals surface area contributed by atoms with Crippen LogP contribution in [0.15, 0.2) is 30.3 Å². The quantitative estimate of drug-likeness (QED) is 0.823. The summed E-state index contributed by atoms with van der Waals surface area (Å²) in [5, 5.41) is 14.0. The molecule has 1 aromatic carbocycles. The largest absolute Gasteiger partial charge is 0.392 e. The van der Waals surface area contributed by atoms with Crippen LogP contribution in [-0.2, 0) is 0 Å². The van der Waals surface area contributed by atoms with Crippen LogP contribution in [0.3, 0.4) is 0 Å². The monoisotopic (exact) mass is 343 g/mol. The summed E-state index contributed by atoms with van der Waals surface area (Å²) < 4.78 is 0. The van der Waals surface area contributed by atoms with Gasteiger partial charge in [-0.3, -0.25) is 0 Å². The number of nitrogens with one attached hydrogen (secondary N) is 1. The molecular weight excluding hydrogens is 314 g/mol. The molecule has 2 heterocycles. The number of amides is 2. The zero-order valence-corrected chi connectivity index (χ0v) is 14.9. The number of nitrogens with zero attached hydrogens (tertiary/aromatic N) is 2. The first-order valence-corrected chi connectivity index (χ1v) is 9.69. The number of benzene rings is 1. The third-order valence-corrected chi connectivity index (χ3v) is 6.43. The summed E-state index contributed by atoms with van der Waals surface area (Å²) in [5.74, 6) is 0. The summed E-state index contributed by atoms with van der Waals surface area (Å²) in [6.45, 7) is 3.78. The van der Waals surface area contributed by atoms with Crippen molar-refractivity contribution >= 4 is 6.03 Å². The molecule has 1 unspecified atom stereocenters. The van der Waals surface area contributed by atoms with Crippen molar-refractivity contribution in [2.75, 3.05) is 32.7 Å². The maximum Gasteiger partial charge on any atom is 0.320 e. The molecule has 2 N–H and O–H groups in total. The van der Waals surface area contributed by atoms with E-state index in [0.29, 0.717) is 13.0 Å². The molecule has 5 heteroatoms. The Kier molecular flexibility index (Phi) is 4.69. The lowest BCUT2D eigenvalue weighted by molar-refractivity contribution is -0.0358. The van der Waals surface area contributed by atoms with Gasteiger partial charge in [0.25, 0.3) is 0 Å². The molecule has 2 amide bonds. The van der Waals surface area contributed by atoms with Crippen molar-refractivity contribution in [1.82, 2.24) is 15.1 Å². The van der Waals surface area contributed by atoms with Crippen molar-refractivity contribution in [3.05, 3.63) is 35.9 Å². The Labute approximate surface area is 150 Å². The van der Waals surface area contributed by atoms with E-state index >= 15 is 0 Å². The SMILES string of the molecule is O=C(N1CCC(O)C2(CCCC2)C1)N1CCNC[C@H]1c1ccccc1. The van der Waals surface area contributed by atoms with Crippen molar-refractivity contribution in [1.29, 1.82) is 0 Å². The number of hydrogen-bond acceptors (Lipinski definition) is 3. The number of piperidine rings is 1. The van der Waals surface area contributed by atoms with Gasteiger partial charge < -0.3 is 20.2 Å². The van der Waals surface area contributed by atoms with Gasteiger partial charge in [-0.2, -0.15) is 0 Å². The number of urea groups is 1. The van der Waals surface area contributed by atoms with Crippen LogP contribution in [0, 0.1) is 5.41 Å². The van der Waals surface area contributed by atoms with Gasteiger partial charge in [0.05, 0.1) is 12.1 Å². The van der Waals surface area contributed by atoms with Crippen molar-refractivity contribution in [3.63, 3.8) is 0 Å². The van der Waals surface area contributed by atoms with Crippen molar-refractivity contribution < 1.29 is 9.90 Å². The van der Waals surface area contributed by atoms with Gasteiger partial charge in [-0.25, -0.2) is 4.79 Å². The standard InChI is InChI=1S/C20H29N3O2/c24-18-8-12-22(15-20(18)9-4-5-10-20)19(25)23-13-11-21-14-17(23)16-6-2-1-3-7-16/h1-3,6-7,17-18,21,24H,4-5,8-15H2/t17-,18?/m0/s1. The molecule has 25 heavy (non-hydrogen) atoms. The maximum atomic E-state index is 13.3. The van der Waals surface area contributed by atoms with E-state index in [1.807, 2.05) is 28.0 Å². The van der Waals surface area contributed by atoms with Crippen molar-refractivity contribution in [3.8, 4) is 0 Å². The highest BCUT2D eigenvalue weighted by Gasteiger charge is 2.46. The van der Waals surface area contributed by atoms with E-state index in [1.54, 1.807) is 0 Å². The molecule has 4 rings (SSSR count). The lowest BCUT2D eigenvalue weighted by Gasteiger charge is -2.47. The fourth-order valence-corrected chi connectivity index (χ4v) is 4.97. The predicted molar refractivity (Wildman–Crippen MR) is 97.3 cm³/mol. The number of aliphatic hydroxyl groups excluding tert-OH is 1. The number of rotatable bonds is 1. The lowest BCUT2D eigenvalue weighted by atomic mass is 9.76. The summed E-state index contributed by atoms with van der Waals surface area (Å²) in [4.78, 5) is 17.4. The zero-order valence-electron chi connectivity index (χ0n) is 14.9. The number of carbonyl (C=O) groups excluding carboxylic acids is 1. The van der Waals surface area contributed by atoms with Crippen LogP contribution in [0.2, 0.25) is 0 Å². The maximum absolute atomic E-state index is 13.3. The molecule has 0 aromatic heterocycles. The zero-order chi connectivity index (χ0) is 17.3. The Hall–Kier alpha value is -1.59. The molecule has 2 aliphatic heterocycles. The summed E-state index contributed by atoms with van der Waals surface area (Å²) in [6, 6.07) is 10.5. The fraction of sp³-hybridized carbons (Fsp3) is 0.650. The average Bonchev–Trinajstić information content (AvgIpc) is 3.13. The van der Waals surface area contributed by atoms with E-state index in [9.17, 15) is 9.90 Å². The number of carbonyl (C=O) groups is 1. The number of hydrogen-bond donors (Lipinski definition) is 2. The molecule has 2 saturated heterocycles. The van der Waals surface area contributed by atoms with Crippen molar-refractivity contribution in [2.24, 2.45) is 5.41 Å². The van der Waals surface area contributed by atoms with Crippen LogP contribution in [0.4, 0.5) is 4.79 Å². The Morgan fingerprint density at radius 2 is 1.92 bits per heavy atom. The first-order chi connectivity index (χ1) is 12.2. The van der Waals surface area contributed by atoms with Crippen LogP contribution in [0.25, 0.3) is 0 Å². The first-order valence-electron chi connectivity index (χ1n) is 9.69. The molecule has 0 radical (unpaired) electrons. The molecule has 2 atom stereocenters. The highest BCUT2D eigenvalue weighted by molar-refractivity contribution is 5.75. The second kappa shape index (κ2) is 6.96. The number of piperazine rings is 1. The predicted octanol–water partition coefficient (Wildman–Crippen LogP) is 2.38. The van der Waals surface area contributed by atoms with E-state index in [4.69, 9.17) is 0 Å². The summed E-state index contributed by atoms with van der Waals surface area (Å²) in [7, 11) is 0. The Morgan fingerprint density at radius 1 is 1.16 bits per heavy atom. The van der Waals surface area contributed by atoms with Gasteiger partial charge in [0, 0.05) is 38.1 Å². The van der Waals surface area contributed by atoms with Gasteiger partial charge in [0.1, 0.15) is 0 Å². The second-order valence-electron chi connectivity index (χ2n) is 7.90. The molecule has 0 bridgehead atoms. The molecule has 3 fully saturated rings. The molecule has 1 aromatic rings. The number of aliphatic hydroxyl groups is 1. The van der Waals surface area contributed by atoms with Gasteiger partial charge in [0.15, 0.2) is 0 Å². The lowest BCUT2D eigenvalue weighted by Crippen LogP contribution is -2.58. The minimum Gasteiger partial charge on any atom is -0.392 e. The van der Waals surface area contributed by atoms with Gasteiger partial charge in [-0.1, -0.05) is 43.2 Å². The fourth-order valence-electron chi connectivity index (χ4n) is 4.97. The van der Waals surface area contributed by atoms with Crippen LogP contribution >= 0.6 is 0 Å². The van der Waals surface area contributed by atoms with Crippen LogP contribution < -0.4 is 5.32 Å². The van der Waals surface area contributed by atoms with E-state index in [0.717, 1.165) is 39.0 Å². The van der Waals surface area contributed by atoms with E-state index in [-0.39, 0.29) is 23.6 Å². The minimum absolute atomic E-state index is 0.0514. The summed E-state index contributed by atoms with van der Waals surface area (Å²) >= 11 is 0. The van der Waals surface area contributed by atoms with Gasteiger partial charge in [-0.15, -0.1) is 0 Å². The molecule has 1 saturated carbocycles. The molecule has 1 aliphatic carbocycles. The van der Waals surface area contributed by atoms with Gasteiger partial charge >= 0.3 is 6.03 Å². The highest BCUT2D eigenvalue weighted by atomic mass is 16.3. The van der Waals surface area contributed by atoms with E-state index in [2.05, 4.69) is 17.4 Å². The average molecular weight is 343 g/mol. The Morgan fingerprint density at radius 3 is 2.68 bits per heavy atom. The van der Waals surface area contributed by atoms with Crippen LogP contribution in [-0.4, -0.2) is 59.8 Å². The van der Waals surface area contributed by atoms with Gasteiger partial charge in [-0.05, 0) is 24.8 Å². The molecule has 3 aliphatic rings. The molecule has 1 spiro atoms. The second-order valence-corrected chi connectivity index (χ2v) is 7.90. The van der Waals surface area contributed by atoms with Crippen LogP contribution in [0.1, 0.15) is 43.7 Å². The van der Waals surface area contributed by atoms with Crippen molar-refractivity contribution in [2.45, 2.75) is 44.2 Å². The third-order valence-electron chi connectivity index (χ3n) is 6.43. The highest BCUT2D eigenvalue weighted by Crippen LogP contribution is 2.45. The number of likely N-dealkylation sites (tertiary alicyclic amines) is 1. The third kappa shape index (κ3) is 3.15. The van der Waals surface area contributed by atoms with E-state index < -0.39 is 0 Å². The minimum atomic E-state index is -0.244. The smallest absolute Gasteiger partial charge is 0.320 e. The van der Waals surface area contributed by atoms with Gasteiger partial charge in [0.2, 0.25) is 0 Å². The van der Waals surface area contributed by atoms with Crippen LogP contribution in [0.5, 0.6) is 0 Å². The normalized spacial score (nSPS) is 29.2. The molecular formula is C20H29N3O2. The molecule has 136 valence electrons. The summed E-state index contributed by atoms with van der Waals surface area (Å²) in [5.41, 5.74) is 1.14. The van der Waals surface area contributed by atoms with E-state index in [1.165, 1.54) is 18.4 Å². The first kappa shape index (κ1) is 16.9. The molecule has 5 nitrogen and oxygen atoms in total. The topological polar surface area (TPSA) is 55.8 Å². The Bertz CT molecular complexity index is 600. The Balaban J connectivity index is 1.52. The summed E-state index contributed by atoms with van der Waals surface area (Å²) in [6.07, 6.45) is 4.95.